The number of aromatic nitrogens is 2. The number of likely N-dealkylation sites (N-methyl/N-ethyl adjacent to an activating group) is 1. The molecular formula is C22H28N6O. The van der Waals surface area contributed by atoms with Crippen LogP contribution in [0.4, 0.5) is 23.1 Å². The maximum absolute atomic E-state index is 11.5. The van der Waals surface area contributed by atoms with Gasteiger partial charge in [-0.25, -0.2) is 9.97 Å². The molecule has 0 radical (unpaired) electrons. The highest BCUT2D eigenvalue weighted by Gasteiger charge is 2.52. The molecule has 0 unspecified atom stereocenters. The molecule has 0 atom stereocenters. The first-order chi connectivity index (χ1) is 13.9. The van der Waals surface area contributed by atoms with Crippen molar-refractivity contribution in [2.24, 2.45) is 0 Å². The lowest BCUT2D eigenvalue weighted by Gasteiger charge is -2.34. The van der Waals surface area contributed by atoms with E-state index in [0.717, 1.165) is 50.0 Å². The van der Waals surface area contributed by atoms with Crippen LogP contribution in [0.15, 0.2) is 24.4 Å². The molecule has 1 spiro atoms. The van der Waals surface area contributed by atoms with Gasteiger partial charge < -0.3 is 20.0 Å². The fraction of sp³-hybridized carbons (Fsp3) is 0.500. The molecule has 1 aliphatic carbocycles. The van der Waals surface area contributed by atoms with Gasteiger partial charge in [-0.15, -0.1) is 0 Å². The van der Waals surface area contributed by atoms with Gasteiger partial charge in [0.2, 0.25) is 5.91 Å². The maximum Gasteiger partial charge on any atom is 0.222 e. The summed E-state index contributed by atoms with van der Waals surface area (Å²) in [5.41, 5.74) is 3.84. The van der Waals surface area contributed by atoms with Crippen molar-refractivity contribution in [3.05, 3.63) is 35.5 Å². The minimum atomic E-state index is -0.103. The predicted molar refractivity (Wildman–Crippen MR) is 115 cm³/mol. The second kappa shape index (κ2) is 6.69. The van der Waals surface area contributed by atoms with Crippen LogP contribution in [0.2, 0.25) is 0 Å². The van der Waals surface area contributed by atoms with E-state index >= 15 is 0 Å². The molecule has 3 aliphatic rings. The Balaban J connectivity index is 1.51. The first-order valence-corrected chi connectivity index (χ1v) is 10.4. The first-order valence-electron chi connectivity index (χ1n) is 10.4. The number of hydrogen-bond donors (Lipinski definition) is 1. The Hall–Kier alpha value is -2.67. The number of nitrogens with zero attached hydrogens (tertiary/aromatic N) is 5. The molecule has 2 aromatic rings. The zero-order chi connectivity index (χ0) is 20.2. The van der Waals surface area contributed by atoms with Crippen LogP contribution < -0.4 is 15.1 Å². The molecule has 5 rings (SSSR count). The van der Waals surface area contributed by atoms with Gasteiger partial charge in [-0.2, -0.15) is 0 Å². The van der Waals surface area contributed by atoms with E-state index in [4.69, 9.17) is 4.98 Å². The van der Waals surface area contributed by atoms with Crippen molar-refractivity contribution >= 4 is 29.0 Å². The quantitative estimate of drug-likeness (QED) is 0.866. The SMILES string of the molecule is CC(=O)Nc1cc2c(cn1)C1(CC1)CN2c1cc(C)cc(N2CCN(C)CC2)n1. The topological polar surface area (TPSA) is 64.6 Å². The van der Waals surface area contributed by atoms with E-state index in [9.17, 15) is 4.79 Å². The third-order valence-corrected chi connectivity index (χ3v) is 6.41. The van der Waals surface area contributed by atoms with Gasteiger partial charge in [0.1, 0.15) is 17.5 Å². The molecule has 1 saturated carbocycles. The fourth-order valence-electron chi connectivity index (χ4n) is 4.55. The van der Waals surface area contributed by atoms with Gasteiger partial charge in [-0.3, -0.25) is 4.79 Å². The lowest BCUT2D eigenvalue weighted by molar-refractivity contribution is -0.114. The second-order valence-electron chi connectivity index (χ2n) is 8.79. The first kappa shape index (κ1) is 18.4. The van der Waals surface area contributed by atoms with E-state index in [1.165, 1.54) is 30.9 Å². The summed E-state index contributed by atoms with van der Waals surface area (Å²) in [6.45, 7) is 8.72. The minimum absolute atomic E-state index is 0.103. The number of carbonyl (C=O) groups excluding carboxylic acids is 1. The number of piperazine rings is 1. The van der Waals surface area contributed by atoms with E-state index in [0.29, 0.717) is 5.82 Å². The number of rotatable bonds is 3. The number of carbonyl (C=O) groups is 1. The van der Waals surface area contributed by atoms with Crippen LogP contribution in [0.1, 0.15) is 30.9 Å². The van der Waals surface area contributed by atoms with Crippen LogP contribution in [-0.2, 0) is 10.2 Å². The number of fused-ring (bicyclic) bond motifs is 2. The summed E-state index contributed by atoms with van der Waals surface area (Å²) in [6.07, 6.45) is 4.33. The largest absolute Gasteiger partial charge is 0.354 e. The number of aryl methyl sites for hydroxylation is 1. The van der Waals surface area contributed by atoms with Crippen molar-refractivity contribution in [1.29, 1.82) is 0 Å². The Morgan fingerprint density at radius 1 is 1.10 bits per heavy atom. The summed E-state index contributed by atoms with van der Waals surface area (Å²) in [4.78, 5) is 28.1. The summed E-state index contributed by atoms with van der Waals surface area (Å²) >= 11 is 0. The van der Waals surface area contributed by atoms with Crippen LogP contribution >= 0.6 is 0 Å². The lowest BCUT2D eigenvalue weighted by Crippen LogP contribution is -2.44. The standard InChI is InChI=1S/C22H28N6O/c1-15-10-20(27-8-6-26(3)7-9-27)25-21(11-15)28-14-22(4-5-22)17-13-23-19(12-18(17)28)24-16(2)29/h10-13H,4-9,14H2,1-3H3,(H,23,24,29). The molecule has 4 heterocycles. The molecule has 0 aromatic carbocycles. The van der Waals surface area contributed by atoms with Crippen molar-refractivity contribution in [3.63, 3.8) is 0 Å². The number of pyridine rings is 2. The van der Waals surface area contributed by atoms with Crippen molar-refractivity contribution < 1.29 is 4.79 Å². The molecule has 152 valence electrons. The number of anilines is 4. The summed E-state index contributed by atoms with van der Waals surface area (Å²) < 4.78 is 0. The summed E-state index contributed by atoms with van der Waals surface area (Å²) in [5.74, 6) is 2.55. The Morgan fingerprint density at radius 3 is 2.52 bits per heavy atom. The Labute approximate surface area is 171 Å². The van der Waals surface area contributed by atoms with E-state index in [1.807, 2.05) is 12.3 Å². The van der Waals surface area contributed by atoms with E-state index in [2.05, 4.69) is 51.1 Å². The van der Waals surface area contributed by atoms with Crippen LogP contribution in [0.5, 0.6) is 0 Å². The van der Waals surface area contributed by atoms with Gasteiger partial charge in [0.15, 0.2) is 0 Å². The normalized spacial score (nSPS) is 20.1. The van der Waals surface area contributed by atoms with E-state index < -0.39 is 0 Å². The smallest absolute Gasteiger partial charge is 0.222 e. The van der Waals surface area contributed by atoms with Crippen molar-refractivity contribution in [2.45, 2.75) is 32.1 Å². The van der Waals surface area contributed by atoms with Gasteiger partial charge in [0.05, 0.1) is 5.69 Å². The average Bonchev–Trinajstić information content (AvgIpc) is 3.38. The highest BCUT2D eigenvalue weighted by molar-refractivity contribution is 5.89. The predicted octanol–water partition coefficient (Wildman–Crippen LogP) is 2.68. The van der Waals surface area contributed by atoms with Crippen molar-refractivity contribution in [3.8, 4) is 0 Å². The van der Waals surface area contributed by atoms with Crippen molar-refractivity contribution in [2.75, 3.05) is 54.9 Å². The molecule has 29 heavy (non-hydrogen) atoms. The molecule has 1 N–H and O–H groups in total. The highest BCUT2D eigenvalue weighted by Crippen LogP contribution is 2.58. The summed E-state index contributed by atoms with van der Waals surface area (Å²) in [5, 5.41) is 2.82. The maximum atomic E-state index is 11.5. The Bertz CT molecular complexity index is 962. The van der Waals surface area contributed by atoms with Gasteiger partial charge >= 0.3 is 0 Å². The van der Waals surface area contributed by atoms with Crippen LogP contribution in [0.3, 0.4) is 0 Å². The number of amides is 1. The van der Waals surface area contributed by atoms with E-state index in [1.54, 1.807) is 0 Å². The van der Waals surface area contributed by atoms with Gasteiger partial charge in [0.25, 0.3) is 0 Å². The van der Waals surface area contributed by atoms with Gasteiger partial charge in [0, 0.05) is 62.9 Å². The molecule has 7 nitrogen and oxygen atoms in total. The Kier molecular flexibility index (Phi) is 4.24. The van der Waals surface area contributed by atoms with Crippen LogP contribution in [0.25, 0.3) is 0 Å². The van der Waals surface area contributed by atoms with E-state index in [-0.39, 0.29) is 11.3 Å². The zero-order valence-electron chi connectivity index (χ0n) is 17.4. The second-order valence-corrected chi connectivity index (χ2v) is 8.79. The van der Waals surface area contributed by atoms with Gasteiger partial charge in [-0.1, -0.05) is 0 Å². The fourth-order valence-corrected chi connectivity index (χ4v) is 4.55. The molecule has 2 aliphatic heterocycles. The third-order valence-electron chi connectivity index (χ3n) is 6.41. The highest BCUT2D eigenvalue weighted by atomic mass is 16.1. The minimum Gasteiger partial charge on any atom is -0.354 e. The molecule has 1 amide bonds. The summed E-state index contributed by atoms with van der Waals surface area (Å²) in [7, 11) is 2.17. The Morgan fingerprint density at radius 2 is 1.83 bits per heavy atom. The monoisotopic (exact) mass is 392 g/mol. The molecular weight excluding hydrogens is 364 g/mol. The molecule has 2 fully saturated rings. The van der Waals surface area contributed by atoms with Crippen LogP contribution in [0, 0.1) is 6.92 Å². The number of hydrogen-bond acceptors (Lipinski definition) is 6. The molecule has 7 heteroatoms. The zero-order valence-corrected chi connectivity index (χ0v) is 17.4. The molecule has 2 aromatic heterocycles. The summed E-state index contributed by atoms with van der Waals surface area (Å²) in [6, 6.07) is 6.36. The molecule has 0 bridgehead atoms. The van der Waals surface area contributed by atoms with Gasteiger partial charge in [-0.05, 0) is 44.5 Å². The third kappa shape index (κ3) is 3.33. The van der Waals surface area contributed by atoms with Crippen LogP contribution in [-0.4, -0.2) is 60.5 Å². The average molecular weight is 393 g/mol. The lowest BCUT2D eigenvalue weighted by atomic mass is 10.0. The van der Waals surface area contributed by atoms with Crippen molar-refractivity contribution in [1.82, 2.24) is 14.9 Å². The molecule has 1 saturated heterocycles. The number of nitrogens with one attached hydrogen (secondary N) is 1.